The molecule has 3 nitrogen and oxygen atoms in total. The first-order valence-electron chi connectivity index (χ1n) is 7.31. The predicted molar refractivity (Wildman–Crippen MR) is 85.1 cm³/mol. The van der Waals surface area contributed by atoms with Gasteiger partial charge in [0.25, 0.3) is 0 Å². The van der Waals surface area contributed by atoms with E-state index in [-0.39, 0.29) is 0 Å². The van der Waals surface area contributed by atoms with E-state index in [0.29, 0.717) is 16.1 Å². The SMILES string of the molecule is CCc1nc2c(Cl)cc(Cl)cn2c1NC1CCCCC1. The molecule has 1 N–H and O–H groups in total. The summed E-state index contributed by atoms with van der Waals surface area (Å²) < 4.78 is 2.00. The molecule has 108 valence electrons. The highest BCUT2D eigenvalue weighted by Gasteiger charge is 2.19. The van der Waals surface area contributed by atoms with Gasteiger partial charge in [0, 0.05) is 12.2 Å². The van der Waals surface area contributed by atoms with Gasteiger partial charge in [0.1, 0.15) is 5.82 Å². The molecule has 20 heavy (non-hydrogen) atoms. The zero-order valence-corrected chi connectivity index (χ0v) is 13.1. The Morgan fingerprint density at radius 2 is 2.05 bits per heavy atom. The summed E-state index contributed by atoms with van der Waals surface area (Å²) in [4.78, 5) is 4.65. The molecule has 2 aromatic rings. The number of anilines is 1. The topological polar surface area (TPSA) is 29.3 Å². The molecular formula is C15H19Cl2N3. The van der Waals surface area contributed by atoms with Crippen molar-refractivity contribution >= 4 is 34.7 Å². The van der Waals surface area contributed by atoms with Crippen molar-refractivity contribution in [1.82, 2.24) is 9.38 Å². The highest BCUT2D eigenvalue weighted by Crippen LogP contribution is 2.29. The molecule has 5 heteroatoms. The van der Waals surface area contributed by atoms with Gasteiger partial charge in [-0.2, -0.15) is 0 Å². The summed E-state index contributed by atoms with van der Waals surface area (Å²) in [5.74, 6) is 1.05. The number of fused-ring (bicyclic) bond motifs is 1. The molecule has 0 amide bonds. The van der Waals surface area contributed by atoms with Crippen molar-refractivity contribution in [3.63, 3.8) is 0 Å². The Morgan fingerprint density at radius 3 is 2.75 bits per heavy atom. The van der Waals surface area contributed by atoms with E-state index in [1.165, 1.54) is 32.1 Å². The quantitative estimate of drug-likeness (QED) is 0.869. The molecule has 0 aliphatic heterocycles. The summed E-state index contributed by atoms with van der Waals surface area (Å²) in [6, 6.07) is 2.28. The molecule has 1 aliphatic rings. The molecule has 3 rings (SSSR count). The van der Waals surface area contributed by atoms with Crippen LogP contribution in [0.25, 0.3) is 5.65 Å². The van der Waals surface area contributed by atoms with Gasteiger partial charge in [-0.1, -0.05) is 49.4 Å². The van der Waals surface area contributed by atoms with Gasteiger partial charge in [-0.15, -0.1) is 0 Å². The Bertz CT molecular complexity index is 615. The van der Waals surface area contributed by atoms with Gasteiger partial charge in [-0.3, -0.25) is 4.40 Å². The van der Waals surface area contributed by atoms with Crippen LogP contribution < -0.4 is 5.32 Å². The number of aromatic nitrogens is 2. The molecule has 1 aliphatic carbocycles. The van der Waals surface area contributed by atoms with E-state index in [1.54, 1.807) is 6.07 Å². The number of hydrogen-bond acceptors (Lipinski definition) is 2. The number of imidazole rings is 1. The van der Waals surface area contributed by atoms with Crippen LogP contribution in [0.3, 0.4) is 0 Å². The summed E-state index contributed by atoms with van der Waals surface area (Å²) in [7, 11) is 0. The number of halogens is 2. The van der Waals surface area contributed by atoms with Crippen LogP contribution in [0.4, 0.5) is 5.82 Å². The number of rotatable bonds is 3. The van der Waals surface area contributed by atoms with Gasteiger partial charge in [-0.05, 0) is 25.3 Å². The first-order chi connectivity index (χ1) is 9.69. The third-order valence-corrected chi connectivity index (χ3v) is 4.48. The maximum Gasteiger partial charge on any atom is 0.157 e. The second-order valence-electron chi connectivity index (χ2n) is 5.44. The maximum absolute atomic E-state index is 6.25. The van der Waals surface area contributed by atoms with Crippen LogP contribution >= 0.6 is 23.2 Å². The van der Waals surface area contributed by atoms with E-state index >= 15 is 0 Å². The number of pyridine rings is 1. The molecule has 0 saturated heterocycles. The van der Waals surface area contributed by atoms with Gasteiger partial charge < -0.3 is 5.32 Å². The lowest BCUT2D eigenvalue weighted by atomic mass is 9.95. The fraction of sp³-hybridized carbons (Fsp3) is 0.533. The standard InChI is InChI=1S/C15H19Cl2N3/c1-2-13-15(18-11-6-4-3-5-7-11)20-9-10(16)8-12(17)14(20)19-13/h8-9,11,18H,2-7H2,1H3. The van der Waals surface area contributed by atoms with E-state index in [2.05, 4.69) is 17.2 Å². The smallest absolute Gasteiger partial charge is 0.157 e. The second kappa shape index (κ2) is 5.82. The van der Waals surface area contributed by atoms with E-state index in [9.17, 15) is 0 Å². The molecule has 1 saturated carbocycles. The first kappa shape index (κ1) is 14.0. The molecule has 0 atom stereocenters. The van der Waals surface area contributed by atoms with Crippen LogP contribution in [0.15, 0.2) is 12.3 Å². The summed E-state index contributed by atoms with van der Waals surface area (Å²) in [5, 5.41) is 4.90. The summed E-state index contributed by atoms with van der Waals surface area (Å²) in [5.41, 5.74) is 1.84. The van der Waals surface area contributed by atoms with E-state index < -0.39 is 0 Å². The highest BCUT2D eigenvalue weighted by atomic mass is 35.5. The maximum atomic E-state index is 6.25. The lowest BCUT2D eigenvalue weighted by Crippen LogP contribution is -2.23. The second-order valence-corrected chi connectivity index (χ2v) is 6.28. The van der Waals surface area contributed by atoms with Crippen LogP contribution in [0.5, 0.6) is 0 Å². The van der Waals surface area contributed by atoms with Crippen LogP contribution in [-0.4, -0.2) is 15.4 Å². The third-order valence-electron chi connectivity index (χ3n) is 3.99. The Balaban J connectivity index is 2.02. The van der Waals surface area contributed by atoms with Gasteiger partial charge in [0.05, 0.1) is 15.7 Å². The van der Waals surface area contributed by atoms with Crippen molar-refractivity contribution in [2.45, 2.75) is 51.5 Å². The van der Waals surface area contributed by atoms with Gasteiger partial charge in [-0.25, -0.2) is 4.98 Å². The number of nitrogens with one attached hydrogen (secondary N) is 1. The van der Waals surface area contributed by atoms with E-state index in [1.807, 2.05) is 10.6 Å². The summed E-state index contributed by atoms with van der Waals surface area (Å²) in [6.45, 7) is 2.11. The number of nitrogens with zero attached hydrogens (tertiary/aromatic N) is 2. The average molecular weight is 312 g/mol. The molecule has 0 bridgehead atoms. The van der Waals surface area contributed by atoms with Gasteiger partial charge in [0.15, 0.2) is 5.65 Å². The lowest BCUT2D eigenvalue weighted by molar-refractivity contribution is 0.461. The van der Waals surface area contributed by atoms with Crippen LogP contribution in [0.1, 0.15) is 44.7 Å². The minimum atomic E-state index is 0.534. The van der Waals surface area contributed by atoms with Crippen LogP contribution in [0, 0.1) is 0 Å². The lowest BCUT2D eigenvalue weighted by Gasteiger charge is -2.24. The van der Waals surface area contributed by atoms with Crippen molar-refractivity contribution in [3.8, 4) is 0 Å². The molecule has 2 aromatic heterocycles. The molecule has 0 unspecified atom stereocenters. The number of aryl methyl sites for hydroxylation is 1. The Labute approximate surface area is 129 Å². The summed E-state index contributed by atoms with van der Waals surface area (Å²) >= 11 is 12.4. The van der Waals surface area contributed by atoms with Gasteiger partial charge in [0.2, 0.25) is 0 Å². The Morgan fingerprint density at radius 1 is 1.30 bits per heavy atom. The van der Waals surface area contributed by atoms with Crippen molar-refractivity contribution < 1.29 is 0 Å². The largest absolute Gasteiger partial charge is 0.367 e. The third kappa shape index (κ3) is 2.61. The molecule has 0 aromatic carbocycles. The normalized spacial score (nSPS) is 16.8. The minimum absolute atomic E-state index is 0.534. The van der Waals surface area contributed by atoms with Crippen molar-refractivity contribution in [2.75, 3.05) is 5.32 Å². The zero-order valence-electron chi connectivity index (χ0n) is 11.6. The zero-order chi connectivity index (χ0) is 14.1. The molecular weight excluding hydrogens is 293 g/mol. The molecule has 0 radical (unpaired) electrons. The van der Waals surface area contributed by atoms with Crippen molar-refractivity contribution in [3.05, 3.63) is 28.0 Å². The van der Waals surface area contributed by atoms with E-state index in [0.717, 1.165) is 23.6 Å². The van der Waals surface area contributed by atoms with Crippen molar-refractivity contribution in [1.29, 1.82) is 0 Å². The Hall–Kier alpha value is -0.930. The average Bonchev–Trinajstić information content (AvgIpc) is 2.78. The molecule has 2 heterocycles. The first-order valence-corrected chi connectivity index (χ1v) is 8.07. The minimum Gasteiger partial charge on any atom is -0.367 e. The van der Waals surface area contributed by atoms with Crippen LogP contribution in [0.2, 0.25) is 10.0 Å². The van der Waals surface area contributed by atoms with Crippen molar-refractivity contribution in [2.24, 2.45) is 0 Å². The Kier molecular flexibility index (Phi) is 4.08. The highest BCUT2D eigenvalue weighted by molar-refractivity contribution is 6.36. The fourth-order valence-corrected chi connectivity index (χ4v) is 3.47. The molecule has 1 fully saturated rings. The predicted octanol–water partition coefficient (Wildman–Crippen LogP) is 4.95. The van der Waals surface area contributed by atoms with E-state index in [4.69, 9.17) is 23.2 Å². The van der Waals surface area contributed by atoms with Crippen LogP contribution in [-0.2, 0) is 6.42 Å². The number of hydrogen-bond donors (Lipinski definition) is 1. The summed E-state index contributed by atoms with van der Waals surface area (Å²) in [6.07, 6.45) is 9.18. The molecule has 0 spiro atoms. The van der Waals surface area contributed by atoms with Gasteiger partial charge >= 0.3 is 0 Å². The monoisotopic (exact) mass is 311 g/mol. The fourth-order valence-electron chi connectivity index (χ4n) is 2.96.